The summed E-state index contributed by atoms with van der Waals surface area (Å²) in [5.74, 6) is 0.841. The number of anilines is 2. The van der Waals surface area contributed by atoms with Crippen molar-refractivity contribution in [3.8, 4) is 11.9 Å². The summed E-state index contributed by atoms with van der Waals surface area (Å²) in [6.45, 7) is 8.60. The molecule has 11 nitrogen and oxygen atoms in total. The van der Waals surface area contributed by atoms with Crippen LogP contribution in [0.2, 0.25) is 0 Å². The predicted molar refractivity (Wildman–Crippen MR) is 126 cm³/mol. The van der Waals surface area contributed by atoms with Crippen LogP contribution in [-0.2, 0) is 17.8 Å². The number of methoxy groups -OCH3 is 2. The number of urea groups is 1. The third-order valence-corrected chi connectivity index (χ3v) is 5.49. The van der Waals surface area contributed by atoms with E-state index in [9.17, 15) is 9.59 Å². The van der Waals surface area contributed by atoms with Crippen LogP contribution in [0.3, 0.4) is 0 Å². The Balaban J connectivity index is 1.63. The first kappa shape index (κ1) is 24.2. The van der Waals surface area contributed by atoms with E-state index < -0.39 is 6.03 Å². The van der Waals surface area contributed by atoms with Gasteiger partial charge in [-0.25, -0.2) is 9.78 Å². The summed E-state index contributed by atoms with van der Waals surface area (Å²) in [4.78, 5) is 40.5. The second-order valence-corrected chi connectivity index (χ2v) is 9.54. The van der Waals surface area contributed by atoms with Gasteiger partial charge in [0.15, 0.2) is 5.13 Å². The quantitative estimate of drug-likeness (QED) is 0.543. The number of carbonyl (C=O) groups excluding carboxylic acids is 2. The van der Waals surface area contributed by atoms with Crippen LogP contribution >= 0.6 is 11.3 Å². The second kappa shape index (κ2) is 10.0. The largest absolute Gasteiger partial charge is 0.481 e. The number of ether oxygens (including phenoxy) is 2. The van der Waals surface area contributed by atoms with E-state index in [0.29, 0.717) is 42.0 Å². The van der Waals surface area contributed by atoms with Crippen LogP contribution in [0, 0.1) is 0 Å². The number of fused-ring (bicyclic) bond motifs is 1. The van der Waals surface area contributed by atoms with Gasteiger partial charge >= 0.3 is 12.0 Å². The van der Waals surface area contributed by atoms with Gasteiger partial charge in [-0.3, -0.25) is 10.1 Å². The minimum Gasteiger partial charge on any atom is -0.481 e. The van der Waals surface area contributed by atoms with Crippen LogP contribution in [0.1, 0.15) is 38.3 Å². The molecule has 1 aliphatic rings. The van der Waals surface area contributed by atoms with Crippen molar-refractivity contribution >= 4 is 34.2 Å². The third kappa shape index (κ3) is 6.78. The molecule has 0 aromatic carbocycles. The Morgan fingerprint density at radius 1 is 1.18 bits per heavy atom. The lowest BCUT2D eigenvalue weighted by Crippen LogP contribution is -2.40. The summed E-state index contributed by atoms with van der Waals surface area (Å²) in [6.07, 6.45) is 2.05. The minimum absolute atomic E-state index is 0.234. The maximum Gasteiger partial charge on any atom is 0.325 e. The standard InChI is InChI=1S/C21H29N7O4S/c1-12(9-16(29)27-21(2,3)4)22-18(30)26-20-23-13-7-8-28(11-14(13)33-20)15-10-17(31-5)25-19(24-15)32-6/h9-10H,7-8,11H2,1-6H3,(H,27,29)(H2,22,23,26,30)/b12-9+. The SMILES string of the molecule is COc1cc(N2CCc3nc(NC(=O)N/C(C)=C/C(=O)NC(C)(C)C)sc3C2)nc(OC)n1. The maximum absolute atomic E-state index is 12.3. The molecule has 33 heavy (non-hydrogen) atoms. The number of hydrogen-bond acceptors (Lipinski definition) is 9. The van der Waals surface area contributed by atoms with E-state index >= 15 is 0 Å². The average Bonchev–Trinajstić information content (AvgIpc) is 3.12. The molecule has 1 aliphatic heterocycles. The topological polar surface area (TPSA) is 131 Å². The fourth-order valence-electron chi connectivity index (χ4n) is 3.14. The van der Waals surface area contributed by atoms with Gasteiger partial charge in [-0.05, 0) is 27.7 Å². The fraction of sp³-hybridized carbons (Fsp3) is 0.476. The summed E-state index contributed by atoms with van der Waals surface area (Å²) in [7, 11) is 3.05. The molecule has 0 spiro atoms. The molecular formula is C21H29N7O4S. The highest BCUT2D eigenvalue weighted by Crippen LogP contribution is 2.31. The molecule has 2 aromatic heterocycles. The average molecular weight is 476 g/mol. The fourth-order valence-corrected chi connectivity index (χ4v) is 4.16. The van der Waals surface area contributed by atoms with Gasteiger partial charge in [0.2, 0.25) is 11.8 Å². The molecule has 3 amide bonds. The highest BCUT2D eigenvalue weighted by atomic mass is 32.1. The normalized spacial score (nSPS) is 13.8. The number of nitrogens with one attached hydrogen (secondary N) is 3. The Kier molecular flexibility index (Phi) is 7.36. The lowest BCUT2D eigenvalue weighted by Gasteiger charge is -2.27. The van der Waals surface area contributed by atoms with Gasteiger partial charge in [0, 0.05) is 41.2 Å². The van der Waals surface area contributed by atoms with Gasteiger partial charge in [0.25, 0.3) is 0 Å². The highest BCUT2D eigenvalue weighted by Gasteiger charge is 2.23. The number of amides is 3. The van der Waals surface area contributed by atoms with Crippen molar-refractivity contribution in [2.45, 2.75) is 46.2 Å². The van der Waals surface area contributed by atoms with Crippen molar-refractivity contribution in [2.24, 2.45) is 0 Å². The van der Waals surface area contributed by atoms with Gasteiger partial charge in [-0.15, -0.1) is 0 Å². The van der Waals surface area contributed by atoms with Crippen molar-refractivity contribution in [3.63, 3.8) is 0 Å². The van der Waals surface area contributed by atoms with Crippen LogP contribution in [0.25, 0.3) is 0 Å². The Bertz CT molecular complexity index is 1040. The number of rotatable bonds is 6. The molecule has 0 bridgehead atoms. The number of allylic oxidation sites excluding steroid dienone is 1. The molecule has 0 saturated heterocycles. The number of aromatic nitrogens is 3. The molecule has 3 rings (SSSR count). The summed E-state index contributed by atoms with van der Waals surface area (Å²) in [5, 5.41) is 8.69. The third-order valence-electron chi connectivity index (χ3n) is 4.49. The maximum atomic E-state index is 12.3. The molecule has 0 unspecified atom stereocenters. The zero-order valence-electron chi connectivity index (χ0n) is 19.6. The van der Waals surface area contributed by atoms with Gasteiger partial charge < -0.3 is 25.0 Å². The Morgan fingerprint density at radius 2 is 1.94 bits per heavy atom. The molecular weight excluding hydrogens is 446 g/mol. The molecule has 0 saturated carbocycles. The smallest absolute Gasteiger partial charge is 0.325 e. The molecule has 2 aromatic rings. The van der Waals surface area contributed by atoms with Crippen molar-refractivity contribution in [3.05, 3.63) is 28.4 Å². The lowest BCUT2D eigenvalue weighted by atomic mass is 10.1. The van der Waals surface area contributed by atoms with Crippen molar-refractivity contribution in [1.29, 1.82) is 0 Å². The van der Waals surface area contributed by atoms with Gasteiger partial charge in [-0.1, -0.05) is 11.3 Å². The highest BCUT2D eigenvalue weighted by molar-refractivity contribution is 7.15. The number of nitrogens with zero attached hydrogens (tertiary/aromatic N) is 4. The van der Waals surface area contributed by atoms with E-state index in [1.54, 1.807) is 20.1 Å². The first-order chi connectivity index (χ1) is 15.6. The van der Waals surface area contributed by atoms with Crippen molar-refractivity contribution < 1.29 is 19.1 Å². The van der Waals surface area contributed by atoms with Gasteiger partial charge in [-0.2, -0.15) is 9.97 Å². The molecule has 178 valence electrons. The number of carbonyl (C=O) groups is 2. The first-order valence-electron chi connectivity index (χ1n) is 10.4. The summed E-state index contributed by atoms with van der Waals surface area (Å²) < 4.78 is 10.4. The van der Waals surface area contributed by atoms with Crippen molar-refractivity contribution in [1.82, 2.24) is 25.6 Å². The lowest BCUT2D eigenvalue weighted by molar-refractivity contribution is -0.117. The van der Waals surface area contributed by atoms with Crippen molar-refractivity contribution in [2.75, 3.05) is 31.0 Å². The van der Waals surface area contributed by atoms with E-state index in [2.05, 4.69) is 35.8 Å². The van der Waals surface area contributed by atoms with Gasteiger partial charge in [0.05, 0.1) is 26.5 Å². The van der Waals surface area contributed by atoms with E-state index in [0.717, 1.165) is 10.6 Å². The number of hydrogen-bond donors (Lipinski definition) is 3. The number of thiazole rings is 1. The first-order valence-corrected chi connectivity index (χ1v) is 11.2. The van der Waals surface area contributed by atoms with Crippen LogP contribution in [-0.4, -0.2) is 53.2 Å². The van der Waals surface area contributed by atoms with Crippen LogP contribution in [0.5, 0.6) is 11.9 Å². The van der Waals surface area contributed by atoms with E-state index in [4.69, 9.17) is 9.47 Å². The molecule has 0 fully saturated rings. The predicted octanol–water partition coefficient (Wildman–Crippen LogP) is 2.45. The Hall–Kier alpha value is -3.41. The minimum atomic E-state index is -0.458. The summed E-state index contributed by atoms with van der Waals surface area (Å²) in [5.41, 5.74) is 1.01. The van der Waals surface area contributed by atoms with E-state index in [-0.39, 0.29) is 17.5 Å². The molecule has 0 atom stereocenters. The van der Waals surface area contributed by atoms with Gasteiger partial charge in [0.1, 0.15) is 5.82 Å². The Labute approximate surface area is 196 Å². The van der Waals surface area contributed by atoms with Crippen LogP contribution < -0.4 is 30.3 Å². The summed E-state index contributed by atoms with van der Waals surface area (Å²) >= 11 is 1.40. The van der Waals surface area contributed by atoms with Crippen LogP contribution in [0.15, 0.2) is 17.8 Å². The second-order valence-electron chi connectivity index (χ2n) is 8.46. The van der Waals surface area contributed by atoms with Crippen LogP contribution in [0.4, 0.5) is 15.7 Å². The molecule has 3 heterocycles. The van der Waals surface area contributed by atoms with E-state index in [1.807, 2.05) is 20.8 Å². The Morgan fingerprint density at radius 3 is 2.61 bits per heavy atom. The van der Waals surface area contributed by atoms with E-state index in [1.165, 1.54) is 24.5 Å². The molecule has 12 heteroatoms. The summed E-state index contributed by atoms with van der Waals surface area (Å²) in [6, 6.07) is 1.53. The zero-order valence-corrected chi connectivity index (χ0v) is 20.4. The molecule has 0 radical (unpaired) electrons. The molecule has 0 aliphatic carbocycles. The monoisotopic (exact) mass is 475 g/mol. The molecule has 3 N–H and O–H groups in total. The zero-order chi connectivity index (χ0) is 24.2.